The molecule has 3 amide bonds. The predicted molar refractivity (Wildman–Crippen MR) is 68.1 cm³/mol. The number of carbonyl (C=O) groups is 2. The van der Waals surface area contributed by atoms with Crippen molar-refractivity contribution in [3.05, 3.63) is 28.4 Å². The number of amides is 3. The third-order valence-electron chi connectivity index (χ3n) is 2.39. The number of carbonyl (C=O) groups excluding carboxylic acids is 2. The lowest BCUT2D eigenvalue weighted by Gasteiger charge is -2.07. The molecule has 1 aromatic rings. The summed E-state index contributed by atoms with van der Waals surface area (Å²) in [5.74, 6) is -0.00107. The molecule has 0 aromatic carbocycles. The number of hydrogen-bond donors (Lipinski definition) is 2. The number of likely N-dealkylation sites (N-methyl/N-ethyl adjacent to an activating group) is 1. The highest BCUT2D eigenvalue weighted by Gasteiger charge is 2.22. The molecule has 1 fully saturated rings. The Bertz CT molecular complexity index is 596. The highest BCUT2D eigenvalue weighted by molar-refractivity contribution is 6.09. The number of hydrogen-bond acceptors (Lipinski definition) is 5. The first-order valence-electron chi connectivity index (χ1n) is 5.47. The first-order valence-corrected chi connectivity index (χ1v) is 5.47. The van der Waals surface area contributed by atoms with Crippen LogP contribution in [-0.2, 0) is 4.79 Å². The van der Waals surface area contributed by atoms with Crippen LogP contribution < -0.4 is 10.6 Å². The molecule has 2 rings (SSSR count). The van der Waals surface area contributed by atoms with Gasteiger partial charge in [-0.15, -0.1) is 0 Å². The van der Waals surface area contributed by atoms with Crippen LogP contribution in [0.3, 0.4) is 0 Å². The van der Waals surface area contributed by atoms with Crippen molar-refractivity contribution in [1.29, 1.82) is 0 Å². The van der Waals surface area contributed by atoms with E-state index in [-0.39, 0.29) is 29.9 Å². The molecule has 20 heavy (non-hydrogen) atoms. The molecule has 10 heteroatoms. The van der Waals surface area contributed by atoms with Crippen LogP contribution in [0, 0.1) is 10.1 Å². The van der Waals surface area contributed by atoms with Gasteiger partial charge in [-0.1, -0.05) is 0 Å². The zero-order valence-corrected chi connectivity index (χ0v) is 10.4. The number of aliphatic imine (C=N–C) groups is 1. The number of guanidine groups is 1. The van der Waals surface area contributed by atoms with Gasteiger partial charge in [-0.05, 0) is 6.07 Å². The van der Waals surface area contributed by atoms with Crippen LogP contribution in [0.4, 0.5) is 16.3 Å². The van der Waals surface area contributed by atoms with E-state index in [1.54, 1.807) is 7.05 Å². The number of nitro groups is 1. The summed E-state index contributed by atoms with van der Waals surface area (Å²) < 4.78 is 0. The first-order chi connectivity index (χ1) is 9.45. The maximum absolute atomic E-state index is 11.6. The van der Waals surface area contributed by atoms with Gasteiger partial charge >= 0.3 is 6.03 Å². The topological polar surface area (TPSA) is 130 Å². The molecular weight excluding hydrogens is 268 g/mol. The van der Waals surface area contributed by atoms with Gasteiger partial charge in [0.2, 0.25) is 11.9 Å². The van der Waals surface area contributed by atoms with Crippen molar-refractivity contribution in [3.8, 4) is 0 Å². The summed E-state index contributed by atoms with van der Waals surface area (Å²) in [6.45, 7) is 0.127. The van der Waals surface area contributed by atoms with E-state index in [4.69, 9.17) is 0 Å². The van der Waals surface area contributed by atoms with E-state index in [0.29, 0.717) is 0 Å². The molecule has 10 nitrogen and oxygen atoms in total. The molecule has 2 heterocycles. The van der Waals surface area contributed by atoms with Crippen molar-refractivity contribution in [1.82, 2.24) is 15.2 Å². The monoisotopic (exact) mass is 278 g/mol. The molecule has 2 N–H and O–H groups in total. The van der Waals surface area contributed by atoms with Gasteiger partial charge in [-0.2, -0.15) is 4.99 Å². The fourth-order valence-corrected chi connectivity index (χ4v) is 1.46. The summed E-state index contributed by atoms with van der Waals surface area (Å²) in [6, 6.07) is 1.75. The Morgan fingerprint density at radius 1 is 1.60 bits per heavy atom. The number of nitrogens with zero attached hydrogens (tertiary/aromatic N) is 4. The largest absolute Gasteiger partial charge is 0.349 e. The molecule has 0 aliphatic carbocycles. The average molecular weight is 278 g/mol. The van der Waals surface area contributed by atoms with Crippen LogP contribution in [0.5, 0.6) is 0 Å². The lowest BCUT2D eigenvalue weighted by atomic mass is 10.4. The zero-order chi connectivity index (χ0) is 14.7. The van der Waals surface area contributed by atoms with Gasteiger partial charge < -0.3 is 4.90 Å². The Morgan fingerprint density at radius 2 is 2.35 bits per heavy atom. The minimum atomic E-state index is -0.740. The predicted octanol–water partition coefficient (Wildman–Crippen LogP) is -0.0607. The minimum Gasteiger partial charge on any atom is -0.336 e. The second-order valence-electron chi connectivity index (χ2n) is 3.93. The molecule has 104 valence electrons. The van der Waals surface area contributed by atoms with Gasteiger partial charge in [0.05, 0.1) is 11.5 Å². The van der Waals surface area contributed by atoms with Crippen LogP contribution in [0.1, 0.15) is 0 Å². The Morgan fingerprint density at radius 3 is 2.85 bits per heavy atom. The van der Waals surface area contributed by atoms with E-state index in [0.717, 1.165) is 6.20 Å². The summed E-state index contributed by atoms with van der Waals surface area (Å²) in [4.78, 5) is 41.3. The second kappa shape index (κ2) is 5.30. The van der Waals surface area contributed by atoms with Crippen LogP contribution in [0.25, 0.3) is 0 Å². The Labute approximate surface area is 112 Å². The molecule has 1 saturated heterocycles. The number of nitrogens with one attached hydrogen (secondary N) is 2. The van der Waals surface area contributed by atoms with Gasteiger partial charge in [0, 0.05) is 13.1 Å². The highest BCUT2D eigenvalue weighted by Crippen LogP contribution is 2.11. The van der Waals surface area contributed by atoms with Crippen LogP contribution in [-0.4, -0.2) is 46.3 Å². The number of anilines is 1. The standard InChI is InChI=1S/C10H10N6O4/c1-15-5-8(17)13-9(15)14-10(18)12-7-3-2-6(4-11-7)16(19)20/h2-4H,5H2,1H3,(H2,11,12,13,14,17,18). The minimum absolute atomic E-state index is 0.122. The third kappa shape index (κ3) is 3.04. The maximum Gasteiger partial charge on any atom is 0.349 e. The lowest BCUT2D eigenvalue weighted by Crippen LogP contribution is -2.29. The smallest absolute Gasteiger partial charge is 0.336 e. The second-order valence-corrected chi connectivity index (χ2v) is 3.93. The SMILES string of the molecule is CN1CC(=O)NC1=NC(=O)Nc1ccc([N+](=O)[O-])cn1. The Kier molecular flexibility index (Phi) is 3.55. The molecule has 0 atom stereocenters. The van der Waals surface area contributed by atoms with Crippen LogP contribution in [0.15, 0.2) is 23.3 Å². The summed E-state index contributed by atoms with van der Waals surface area (Å²) >= 11 is 0. The highest BCUT2D eigenvalue weighted by atomic mass is 16.6. The van der Waals surface area contributed by atoms with Crippen LogP contribution in [0.2, 0.25) is 0 Å². The van der Waals surface area contributed by atoms with E-state index in [1.165, 1.54) is 17.0 Å². The maximum atomic E-state index is 11.6. The molecule has 1 aliphatic heterocycles. The summed E-state index contributed by atoms with van der Waals surface area (Å²) in [5, 5.41) is 15.2. The number of urea groups is 1. The molecule has 0 radical (unpaired) electrons. The van der Waals surface area contributed by atoms with Gasteiger partial charge in [-0.3, -0.25) is 25.5 Å². The zero-order valence-electron chi connectivity index (χ0n) is 10.4. The Hall–Kier alpha value is -3.04. The summed E-state index contributed by atoms with van der Waals surface area (Å²) in [6.07, 6.45) is 1.02. The van der Waals surface area contributed by atoms with Crippen molar-refractivity contribution in [2.75, 3.05) is 18.9 Å². The van der Waals surface area contributed by atoms with E-state index >= 15 is 0 Å². The van der Waals surface area contributed by atoms with Crippen molar-refractivity contribution in [2.24, 2.45) is 4.99 Å². The molecule has 1 aromatic heterocycles. The average Bonchev–Trinajstić information content (AvgIpc) is 2.68. The van der Waals surface area contributed by atoms with E-state index in [2.05, 4.69) is 20.6 Å². The lowest BCUT2D eigenvalue weighted by molar-refractivity contribution is -0.385. The number of pyridine rings is 1. The molecule has 0 bridgehead atoms. The number of aromatic nitrogens is 1. The molecule has 0 unspecified atom stereocenters. The summed E-state index contributed by atoms with van der Waals surface area (Å²) in [5.41, 5.74) is -0.183. The molecule has 0 saturated carbocycles. The molecule has 0 spiro atoms. The van der Waals surface area contributed by atoms with Gasteiger partial charge in [0.1, 0.15) is 12.0 Å². The normalized spacial score (nSPS) is 16.1. The van der Waals surface area contributed by atoms with Crippen molar-refractivity contribution in [3.63, 3.8) is 0 Å². The van der Waals surface area contributed by atoms with E-state index < -0.39 is 11.0 Å². The van der Waals surface area contributed by atoms with Crippen molar-refractivity contribution >= 4 is 29.4 Å². The van der Waals surface area contributed by atoms with E-state index in [1.807, 2.05) is 0 Å². The van der Waals surface area contributed by atoms with Gasteiger partial charge in [-0.25, -0.2) is 9.78 Å². The first kappa shape index (κ1) is 13.4. The van der Waals surface area contributed by atoms with E-state index in [9.17, 15) is 19.7 Å². The third-order valence-corrected chi connectivity index (χ3v) is 2.39. The van der Waals surface area contributed by atoms with Gasteiger partial charge in [0.25, 0.3) is 5.69 Å². The van der Waals surface area contributed by atoms with Crippen molar-refractivity contribution < 1.29 is 14.5 Å². The fraction of sp³-hybridized carbons (Fsp3) is 0.200. The van der Waals surface area contributed by atoms with Gasteiger partial charge in [0.15, 0.2) is 0 Å². The quantitative estimate of drug-likeness (QED) is 0.575. The fourth-order valence-electron chi connectivity index (χ4n) is 1.46. The summed E-state index contributed by atoms with van der Waals surface area (Å²) in [7, 11) is 1.61. The Balaban J connectivity index is 2.03. The van der Waals surface area contributed by atoms with Crippen LogP contribution >= 0.6 is 0 Å². The van der Waals surface area contributed by atoms with Crippen molar-refractivity contribution in [2.45, 2.75) is 0 Å². The molecule has 1 aliphatic rings. The molecular formula is C10H10N6O4. The number of rotatable bonds is 2.